The van der Waals surface area contributed by atoms with E-state index in [2.05, 4.69) is 10.6 Å². The highest BCUT2D eigenvalue weighted by atomic mass is 16.5. The number of carbonyl (C=O) groups is 1. The second-order valence-corrected chi connectivity index (χ2v) is 4.32. The van der Waals surface area contributed by atoms with Crippen LogP contribution < -0.4 is 15.4 Å². The lowest BCUT2D eigenvalue weighted by Crippen LogP contribution is -2.36. The number of fused-ring (bicyclic) bond motifs is 1. The minimum absolute atomic E-state index is 0.00739. The number of aromatic hydroxyl groups is 1. The van der Waals surface area contributed by atoms with Crippen LogP contribution in [0, 0.1) is 0 Å². The van der Waals surface area contributed by atoms with Crippen LogP contribution in [0.3, 0.4) is 0 Å². The van der Waals surface area contributed by atoms with Gasteiger partial charge in [0.15, 0.2) is 0 Å². The third kappa shape index (κ3) is 2.92. The van der Waals surface area contributed by atoms with Crippen LogP contribution in [0.15, 0.2) is 18.2 Å². The maximum absolute atomic E-state index is 11.5. The SMILES string of the molecule is CCCNC(=O)CNC1COc2cc(O)ccc21. The molecule has 0 spiro atoms. The third-order valence-electron chi connectivity index (χ3n) is 2.86. The number of rotatable bonds is 5. The first kappa shape index (κ1) is 12.7. The lowest BCUT2D eigenvalue weighted by molar-refractivity contribution is -0.120. The largest absolute Gasteiger partial charge is 0.508 e. The minimum Gasteiger partial charge on any atom is -0.508 e. The topological polar surface area (TPSA) is 70.6 Å². The Morgan fingerprint density at radius 1 is 1.56 bits per heavy atom. The van der Waals surface area contributed by atoms with Crippen LogP contribution in [0.5, 0.6) is 11.5 Å². The molecule has 1 heterocycles. The minimum atomic E-state index is -0.0101. The van der Waals surface area contributed by atoms with Gasteiger partial charge >= 0.3 is 0 Å². The number of carbonyl (C=O) groups excluding carboxylic acids is 1. The number of phenolic OH excluding ortho intramolecular Hbond substituents is 1. The van der Waals surface area contributed by atoms with E-state index in [1.54, 1.807) is 12.1 Å². The van der Waals surface area contributed by atoms with Crippen molar-refractivity contribution in [3.05, 3.63) is 23.8 Å². The molecule has 1 aliphatic heterocycles. The number of benzene rings is 1. The summed E-state index contributed by atoms with van der Waals surface area (Å²) in [6, 6.07) is 5.04. The van der Waals surface area contributed by atoms with Gasteiger partial charge in [0.05, 0.1) is 12.6 Å². The average molecular weight is 250 g/mol. The van der Waals surface area contributed by atoms with Crippen LogP contribution in [0.4, 0.5) is 0 Å². The Hall–Kier alpha value is -1.75. The molecule has 1 atom stereocenters. The van der Waals surface area contributed by atoms with Gasteiger partial charge in [-0.3, -0.25) is 10.1 Å². The van der Waals surface area contributed by atoms with Crippen LogP contribution in [0.1, 0.15) is 24.9 Å². The molecule has 2 rings (SSSR count). The molecular weight excluding hydrogens is 232 g/mol. The van der Waals surface area contributed by atoms with Gasteiger partial charge in [-0.05, 0) is 18.6 Å². The zero-order chi connectivity index (χ0) is 13.0. The van der Waals surface area contributed by atoms with Crippen molar-refractivity contribution in [2.75, 3.05) is 19.7 Å². The van der Waals surface area contributed by atoms with E-state index in [4.69, 9.17) is 4.74 Å². The van der Waals surface area contributed by atoms with E-state index < -0.39 is 0 Å². The van der Waals surface area contributed by atoms with Gasteiger partial charge in [-0.1, -0.05) is 6.92 Å². The second-order valence-electron chi connectivity index (χ2n) is 4.32. The van der Waals surface area contributed by atoms with Crippen molar-refractivity contribution in [3.8, 4) is 11.5 Å². The number of ether oxygens (including phenoxy) is 1. The molecule has 0 saturated heterocycles. The summed E-state index contributed by atoms with van der Waals surface area (Å²) in [5, 5.41) is 15.3. The van der Waals surface area contributed by atoms with Gasteiger partial charge in [0.25, 0.3) is 0 Å². The van der Waals surface area contributed by atoms with Crippen LogP contribution in [-0.4, -0.2) is 30.7 Å². The predicted molar refractivity (Wildman–Crippen MR) is 67.6 cm³/mol. The lowest BCUT2D eigenvalue weighted by atomic mass is 10.1. The van der Waals surface area contributed by atoms with Gasteiger partial charge in [-0.2, -0.15) is 0 Å². The Labute approximate surface area is 106 Å². The summed E-state index contributed by atoms with van der Waals surface area (Å²) >= 11 is 0. The van der Waals surface area contributed by atoms with Gasteiger partial charge in [-0.15, -0.1) is 0 Å². The molecule has 0 aliphatic carbocycles. The van der Waals surface area contributed by atoms with E-state index in [1.807, 2.05) is 13.0 Å². The first-order valence-electron chi connectivity index (χ1n) is 6.16. The standard InChI is InChI=1S/C13H18N2O3/c1-2-5-14-13(17)7-15-11-8-18-12-6-9(16)3-4-10(11)12/h3-4,6,11,15-16H,2,5,7-8H2,1H3,(H,14,17). The fourth-order valence-electron chi connectivity index (χ4n) is 1.91. The smallest absolute Gasteiger partial charge is 0.233 e. The number of hydrogen-bond donors (Lipinski definition) is 3. The molecule has 0 saturated carbocycles. The third-order valence-corrected chi connectivity index (χ3v) is 2.86. The van der Waals surface area contributed by atoms with E-state index >= 15 is 0 Å². The zero-order valence-corrected chi connectivity index (χ0v) is 10.4. The Kier molecular flexibility index (Phi) is 4.04. The molecule has 0 bridgehead atoms. The summed E-state index contributed by atoms with van der Waals surface area (Å²) < 4.78 is 5.45. The molecule has 18 heavy (non-hydrogen) atoms. The maximum Gasteiger partial charge on any atom is 0.233 e. The molecule has 1 unspecified atom stereocenters. The highest BCUT2D eigenvalue weighted by molar-refractivity contribution is 5.78. The first-order chi connectivity index (χ1) is 8.70. The second kappa shape index (κ2) is 5.73. The van der Waals surface area contributed by atoms with E-state index in [-0.39, 0.29) is 24.2 Å². The van der Waals surface area contributed by atoms with Gasteiger partial charge < -0.3 is 15.2 Å². The Balaban J connectivity index is 1.88. The summed E-state index contributed by atoms with van der Waals surface area (Å²) in [5.41, 5.74) is 0.982. The van der Waals surface area contributed by atoms with Crippen molar-refractivity contribution in [3.63, 3.8) is 0 Å². The van der Waals surface area contributed by atoms with Crippen molar-refractivity contribution < 1.29 is 14.6 Å². The Morgan fingerprint density at radius 3 is 3.17 bits per heavy atom. The van der Waals surface area contributed by atoms with Crippen molar-refractivity contribution in [2.45, 2.75) is 19.4 Å². The van der Waals surface area contributed by atoms with Gasteiger partial charge in [0, 0.05) is 18.2 Å². The van der Waals surface area contributed by atoms with Crippen LogP contribution in [0.2, 0.25) is 0 Å². The molecule has 5 nitrogen and oxygen atoms in total. The van der Waals surface area contributed by atoms with E-state index in [0.29, 0.717) is 18.9 Å². The van der Waals surface area contributed by atoms with Gasteiger partial charge in [-0.25, -0.2) is 0 Å². The van der Waals surface area contributed by atoms with Gasteiger partial charge in [0.1, 0.15) is 18.1 Å². The number of nitrogens with one attached hydrogen (secondary N) is 2. The molecule has 98 valence electrons. The summed E-state index contributed by atoms with van der Waals surface area (Å²) in [5.74, 6) is 0.862. The monoisotopic (exact) mass is 250 g/mol. The van der Waals surface area contributed by atoms with Crippen LogP contribution >= 0.6 is 0 Å². The quantitative estimate of drug-likeness (QED) is 0.727. The molecule has 1 aromatic rings. The highest BCUT2D eigenvalue weighted by Gasteiger charge is 2.24. The maximum atomic E-state index is 11.5. The molecule has 0 fully saturated rings. The van der Waals surface area contributed by atoms with Crippen molar-refractivity contribution in [1.29, 1.82) is 0 Å². The molecule has 1 amide bonds. The highest BCUT2D eigenvalue weighted by Crippen LogP contribution is 2.34. The summed E-state index contributed by atoms with van der Waals surface area (Å²) in [6.07, 6.45) is 0.931. The number of phenols is 1. The number of amides is 1. The lowest BCUT2D eigenvalue weighted by Gasteiger charge is -2.11. The van der Waals surface area contributed by atoms with Crippen LogP contribution in [-0.2, 0) is 4.79 Å². The summed E-state index contributed by atoms with van der Waals surface area (Å²) in [4.78, 5) is 11.5. The Bertz CT molecular complexity index is 434. The van der Waals surface area contributed by atoms with E-state index in [9.17, 15) is 9.90 Å². The fraction of sp³-hybridized carbons (Fsp3) is 0.462. The van der Waals surface area contributed by atoms with Crippen LogP contribution in [0.25, 0.3) is 0 Å². The normalized spacial score (nSPS) is 17.1. The number of hydrogen-bond acceptors (Lipinski definition) is 4. The van der Waals surface area contributed by atoms with Gasteiger partial charge in [0.2, 0.25) is 5.91 Å². The molecule has 1 aromatic carbocycles. The van der Waals surface area contributed by atoms with E-state index in [1.165, 1.54) is 0 Å². The average Bonchev–Trinajstić information content (AvgIpc) is 2.76. The van der Waals surface area contributed by atoms with Crippen molar-refractivity contribution in [1.82, 2.24) is 10.6 Å². The molecule has 0 aromatic heterocycles. The molecule has 1 aliphatic rings. The molecule has 5 heteroatoms. The van der Waals surface area contributed by atoms with E-state index in [0.717, 1.165) is 12.0 Å². The molecular formula is C13H18N2O3. The zero-order valence-electron chi connectivity index (χ0n) is 10.4. The fourth-order valence-corrected chi connectivity index (χ4v) is 1.91. The summed E-state index contributed by atoms with van der Waals surface area (Å²) in [7, 11) is 0. The van der Waals surface area contributed by atoms with Crippen molar-refractivity contribution >= 4 is 5.91 Å². The molecule has 0 radical (unpaired) electrons. The van der Waals surface area contributed by atoms with Crippen molar-refractivity contribution in [2.24, 2.45) is 0 Å². The first-order valence-corrected chi connectivity index (χ1v) is 6.16. The summed E-state index contributed by atoms with van der Waals surface area (Å²) in [6.45, 7) is 3.47. The Morgan fingerprint density at radius 2 is 2.39 bits per heavy atom. The predicted octanol–water partition coefficient (Wildman–Crippen LogP) is 0.942. The molecule has 3 N–H and O–H groups in total.